The zero-order valence-corrected chi connectivity index (χ0v) is 8.00. The maximum Gasteiger partial charge on any atom is 0.330 e. The molecule has 2 N–H and O–H groups in total. The summed E-state index contributed by atoms with van der Waals surface area (Å²) in [6.45, 7) is 8.47. The number of aliphatic carboxylic acids is 1. The summed E-state index contributed by atoms with van der Waals surface area (Å²) in [5.41, 5.74) is 0.176. The first-order valence-electron chi connectivity index (χ1n) is 3.98. The van der Waals surface area contributed by atoms with Crippen LogP contribution in [0.1, 0.15) is 33.6 Å². The molecule has 0 saturated heterocycles. The normalized spacial score (nSPS) is 11.0. The van der Waals surface area contributed by atoms with Gasteiger partial charge in [0.1, 0.15) is 0 Å². The van der Waals surface area contributed by atoms with E-state index in [2.05, 4.69) is 13.5 Å². The Balaban J connectivity index is 0. The van der Waals surface area contributed by atoms with Crippen LogP contribution in [0.4, 0.5) is 0 Å². The third-order valence-corrected chi connectivity index (χ3v) is 1.07. The molecule has 0 bridgehead atoms. The van der Waals surface area contributed by atoms with Crippen molar-refractivity contribution in [2.24, 2.45) is 0 Å². The van der Waals surface area contributed by atoms with Gasteiger partial charge in [0, 0.05) is 5.57 Å². The van der Waals surface area contributed by atoms with Crippen molar-refractivity contribution >= 4 is 5.97 Å². The van der Waals surface area contributed by atoms with Crippen molar-refractivity contribution < 1.29 is 15.0 Å². The highest BCUT2D eigenvalue weighted by molar-refractivity contribution is 5.84. The van der Waals surface area contributed by atoms with Crippen LogP contribution >= 0.6 is 0 Å². The summed E-state index contributed by atoms with van der Waals surface area (Å²) >= 11 is 0. The van der Waals surface area contributed by atoms with Crippen LogP contribution in [0.15, 0.2) is 12.2 Å². The Morgan fingerprint density at radius 1 is 1.58 bits per heavy atom. The van der Waals surface area contributed by atoms with Gasteiger partial charge in [-0.15, -0.1) is 0 Å². The molecule has 1 unspecified atom stereocenters. The van der Waals surface area contributed by atoms with Crippen LogP contribution in [-0.2, 0) is 4.79 Å². The Hall–Kier alpha value is -0.830. The molecule has 0 rings (SSSR count). The minimum Gasteiger partial charge on any atom is -0.478 e. The molecule has 0 aliphatic heterocycles. The molecule has 1 atom stereocenters. The lowest BCUT2D eigenvalue weighted by Crippen LogP contribution is -1.95. The molecular formula is C9H18O3. The third kappa shape index (κ3) is 16.1. The fraction of sp³-hybridized carbons (Fsp3) is 0.667. The second kappa shape index (κ2) is 8.27. The highest BCUT2D eigenvalue weighted by Gasteiger charge is 1.90. The summed E-state index contributed by atoms with van der Waals surface area (Å²) in [6.07, 6.45) is 1.91. The third-order valence-electron chi connectivity index (χ3n) is 1.07. The molecule has 3 heteroatoms. The highest BCUT2D eigenvalue weighted by atomic mass is 16.4. The fourth-order valence-corrected chi connectivity index (χ4v) is 0.418. The van der Waals surface area contributed by atoms with Crippen LogP contribution in [-0.4, -0.2) is 22.3 Å². The van der Waals surface area contributed by atoms with E-state index in [1.807, 2.05) is 6.92 Å². The fourth-order valence-electron chi connectivity index (χ4n) is 0.418. The number of carbonyl (C=O) groups is 1. The van der Waals surface area contributed by atoms with E-state index < -0.39 is 5.97 Å². The summed E-state index contributed by atoms with van der Waals surface area (Å²) < 4.78 is 0. The summed E-state index contributed by atoms with van der Waals surface area (Å²) in [7, 11) is 0. The van der Waals surface area contributed by atoms with Crippen LogP contribution in [0.25, 0.3) is 0 Å². The van der Waals surface area contributed by atoms with Gasteiger partial charge in [0.15, 0.2) is 0 Å². The monoisotopic (exact) mass is 174 g/mol. The molecule has 0 amide bonds. The molecule has 0 aromatic heterocycles. The molecule has 0 aliphatic carbocycles. The molecule has 0 aliphatic rings. The first kappa shape index (κ1) is 13.7. The average molecular weight is 174 g/mol. The lowest BCUT2D eigenvalue weighted by molar-refractivity contribution is -0.132. The van der Waals surface area contributed by atoms with Crippen molar-refractivity contribution in [3.8, 4) is 0 Å². The molecule has 3 nitrogen and oxygen atoms in total. The van der Waals surface area contributed by atoms with Gasteiger partial charge in [-0.05, 0) is 20.3 Å². The van der Waals surface area contributed by atoms with E-state index in [0.29, 0.717) is 0 Å². The minimum absolute atomic E-state index is 0.102. The standard InChI is InChI=1S/C5H12O.C4H6O2/c1-3-4-5(2)6;1-3(2)4(5)6/h5-6H,3-4H2,1-2H3;1H2,2H3,(H,5,6). The number of carboxylic acids is 1. The van der Waals surface area contributed by atoms with Crippen molar-refractivity contribution in [2.45, 2.75) is 39.7 Å². The number of aliphatic hydroxyl groups excluding tert-OH is 1. The van der Waals surface area contributed by atoms with E-state index in [1.54, 1.807) is 0 Å². The summed E-state index contributed by atoms with van der Waals surface area (Å²) in [6, 6.07) is 0. The predicted molar refractivity (Wildman–Crippen MR) is 49.0 cm³/mol. The first-order valence-corrected chi connectivity index (χ1v) is 3.98. The van der Waals surface area contributed by atoms with Gasteiger partial charge < -0.3 is 10.2 Å². The maximum atomic E-state index is 9.60. The highest BCUT2D eigenvalue weighted by Crippen LogP contribution is 1.91. The zero-order chi connectivity index (χ0) is 10.1. The molecule has 0 aromatic rings. The Morgan fingerprint density at radius 3 is 1.92 bits per heavy atom. The van der Waals surface area contributed by atoms with E-state index in [9.17, 15) is 4.79 Å². The van der Waals surface area contributed by atoms with Crippen LogP contribution in [0.3, 0.4) is 0 Å². The van der Waals surface area contributed by atoms with Crippen LogP contribution in [0.2, 0.25) is 0 Å². The molecule has 0 heterocycles. The number of hydrogen-bond acceptors (Lipinski definition) is 2. The second-order valence-corrected chi connectivity index (χ2v) is 2.72. The largest absolute Gasteiger partial charge is 0.478 e. The topological polar surface area (TPSA) is 57.5 Å². The van der Waals surface area contributed by atoms with Gasteiger partial charge in [-0.1, -0.05) is 19.9 Å². The van der Waals surface area contributed by atoms with Gasteiger partial charge in [0.2, 0.25) is 0 Å². The second-order valence-electron chi connectivity index (χ2n) is 2.72. The predicted octanol–water partition coefficient (Wildman–Crippen LogP) is 1.81. The lowest BCUT2D eigenvalue weighted by atomic mass is 10.2. The minimum atomic E-state index is -0.935. The lowest BCUT2D eigenvalue weighted by Gasteiger charge is -1.95. The van der Waals surface area contributed by atoms with Gasteiger partial charge in [-0.25, -0.2) is 4.79 Å². The average Bonchev–Trinajstić information content (AvgIpc) is 1.87. The zero-order valence-electron chi connectivity index (χ0n) is 8.00. The Morgan fingerprint density at radius 2 is 1.92 bits per heavy atom. The molecule has 72 valence electrons. The van der Waals surface area contributed by atoms with E-state index >= 15 is 0 Å². The van der Waals surface area contributed by atoms with Crippen molar-refractivity contribution in [1.29, 1.82) is 0 Å². The smallest absolute Gasteiger partial charge is 0.330 e. The summed E-state index contributed by atoms with van der Waals surface area (Å²) in [5.74, 6) is -0.935. The van der Waals surface area contributed by atoms with Crippen molar-refractivity contribution in [3.63, 3.8) is 0 Å². The Kier molecular flexibility index (Phi) is 9.47. The number of carboxylic acid groups (broad SMARTS) is 1. The van der Waals surface area contributed by atoms with Crippen molar-refractivity contribution in [1.82, 2.24) is 0 Å². The van der Waals surface area contributed by atoms with E-state index in [-0.39, 0.29) is 11.7 Å². The SMILES string of the molecule is C=C(C)C(=O)O.CCCC(C)O. The van der Waals surface area contributed by atoms with Gasteiger partial charge in [0.05, 0.1) is 6.10 Å². The van der Waals surface area contributed by atoms with Gasteiger partial charge in [-0.3, -0.25) is 0 Å². The van der Waals surface area contributed by atoms with E-state index in [4.69, 9.17) is 10.2 Å². The molecule has 0 spiro atoms. The van der Waals surface area contributed by atoms with Crippen LogP contribution < -0.4 is 0 Å². The molecule has 0 aromatic carbocycles. The van der Waals surface area contributed by atoms with Gasteiger partial charge >= 0.3 is 5.97 Å². The van der Waals surface area contributed by atoms with E-state index in [0.717, 1.165) is 12.8 Å². The van der Waals surface area contributed by atoms with Crippen molar-refractivity contribution in [3.05, 3.63) is 12.2 Å². The molecule has 0 radical (unpaired) electrons. The van der Waals surface area contributed by atoms with E-state index in [1.165, 1.54) is 6.92 Å². The van der Waals surface area contributed by atoms with Gasteiger partial charge in [0.25, 0.3) is 0 Å². The number of rotatable bonds is 3. The quantitative estimate of drug-likeness (QED) is 0.641. The summed E-state index contributed by atoms with van der Waals surface area (Å²) in [4.78, 5) is 9.60. The number of aliphatic hydroxyl groups is 1. The molecule has 12 heavy (non-hydrogen) atoms. The van der Waals surface area contributed by atoms with Gasteiger partial charge in [-0.2, -0.15) is 0 Å². The number of hydrogen-bond donors (Lipinski definition) is 2. The first-order chi connectivity index (χ1) is 5.41. The Labute approximate surface area is 73.7 Å². The molecule has 0 saturated carbocycles. The Bertz CT molecular complexity index is 127. The van der Waals surface area contributed by atoms with Crippen LogP contribution in [0.5, 0.6) is 0 Å². The van der Waals surface area contributed by atoms with Crippen molar-refractivity contribution in [2.75, 3.05) is 0 Å². The molecular weight excluding hydrogens is 156 g/mol. The summed E-state index contributed by atoms with van der Waals surface area (Å²) in [5, 5.41) is 16.4. The van der Waals surface area contributed by atoms with Crippen LogP contribution in [0, 0.1) is 0 Å². The molecule has 0 fully saturated rings. The maximum absolute atomic E-state index is 9.60.